The highest BCUT2D eigenvalue weighted by atomic mass is 79.9. The molecule has 5 heteroatoms. The number of carbonyl (C=O) groups is 1. The lowest BCUT2D eigenvalue weighted by Gasteiger charge is -2.08. The predicted molar refractivity (Wildman–Crippen MR) is 90.8 cm³/mol. The summed E-state index contributed by atoms with van der Waals surface area (Å²) in [4.78, 5) is 12.0. The number of carbonyl (C=O) groups excluding carboxylic acids is 1. The summed E-state index contributed by atoms with van der Waals surface area (Å²) in [5, 5.41) is 3.04. The van der Waals surface area contributed by atoms with Crippen LogP contribution in [0.25, 0.3) is 0 Å². The first-order valence-corrected chi connectivity index (χ1v) is 7.37. The van der Waals surface area contributed by atoms with Gasteiger partial charge in [0.25, 0.3) is 0 Å². The van der Waals surface area contributed by atoms with E-state index >= 15 is 0 Å². The predicted octanol–water partition coefficient (Wildman–Crippen LogP) is 4.27. The standard InChI is InChI=1S/C17H16BrNO3/c1-21-15-9-14(10-16(11-15)22-2)19-8-7-17(20)12-3-5-13(18)6-4-12/h3-11,19H,1-2H3. The molecule has 0 heterocycles. The molecule has 0 aliphatic carbocycles. The Labute approximate surface area is 137 Å². The van der Waals surface area contributed by atoms with Crippen molar-refractivity contribution >= 4 is 27.4 Å². The van der Waals surface area contributed by atoms with Crippen molar-refractivity contribution in [2.45, 2.75) is 0 Å². The van der Waals surface area contributed by atoms with Gasteiger partial charge < -0.3 is 14.8 Å². The van der Waals surface area contributed by atoms with Crippen molar-refractivity contribution in [3.8, 4) is 11.5 Å². The van der Waals surface area contributed by atoms with Gasteiger partial charge in [0, 0.05) is 46.2 Å². The quantitative estimate of drug-likeness (QED) is 0.616. The Morgan fingerprint density at radius 3 is 2.18 bits per heavy atom. The maximum atomic E-state index is 12.0. The number of hydrogen-bond donors (Lipinski definition) is 1. The molecule has 1 N–H and O–H groups in total. The molecule has 0 amide bonds. The highest BCUT2D eigenvalue weighted by Gasteiger charge is 2.02. The number of methoxy groups -OCH3 is 2. The topological polar surface area (TPSA) is 47.6 Å². The van der Waals surface area contributed by atoms with Crippen LogP contribution in [-0.4, -0.2) is 20.0 Å². The fourth-order valence-corrected chi connectivity index (χ4v) is 2.08. The van der Waals surface area contributed by atoms with E-state index in [-0.39, 0.29) is 5.78 Å². The van der Waals surface area contributed by atoms with Gasteiger partial charge in [0.05, 0.1) is 14.2 Å². The van der Waals surface area contributed by atoms with Crippen molar-refractivity contribution in [3.63, 3.8) is 0 Å². The molecule has 2 aromatic carbocycles. The van der Waals surface area contributed by atoms with Crippen molar-refractivity contribution in [1.29, 1.82) is 0 Å². The van der Waals surface area contributed by atoms with Gasteiger partial charge in [-0.1, -0.05) is 15.9 Å². The number of allylic oxidation sites excluding steroid dienone is 1. The van der Waals surface area contributed by atoms with E-state index in [1.807, 2.05) is 24.3 Å². The van der Waals surface area contributed by atoms with Crippen LogP contribution in [-0.2, 0) is 0 Å². The maximum Gasteiger partial charge on any atom is 0.187 e. The molecule has 4 nitrogen and oxygen atoms in total. The van der Waals surface area contributed by atoms with Crippen LogP contribution in [0, 0.1) is 0 Å². The second-order valence-electron chi connectivity index (χ2n) is 4.45. The van der Waals surface area contributed by atoms with Gasteiger partial charge >= 0.3 is 0 Å². The Bertz CT molecular complexity index is 659. The molecule has 0 saturated heterocycles. The summed E-state index contributed by atoms with van der Waals surface area (Å²) < 4.78 is 11.3. The molecule has 0 aliphatic rings. The fourth-order valence-electron chi connectivity index (χ4n) is 1.81. The van der Waals surface area contributed by atoms with Crippen LogP contribution in [0.1, 0.15) is 10.4 Å². The van der Waals surface area contributed by atoms with Gasteiger partial charge in [-0.05, 0) is 24.3 Å². The minimum atomic E-state index is -0.0742. The number of hydrogen-bond acceptors (Lipinski definition) is 4. The molecule has 0 radical (unpaired) electrons. The molecule has 0 aliphatic heterocycles. The molecule has 114 valence electrons. The largest absolute Gasteiger partial charge is 0.497 e. The number of ketones is 1. The maximum absolute atomic E-state index is 12.0. The van der Waals surface area contributed by atoms with Gasteiger partial charge in [-0.2, -0.15) is 0 Å². The number of anilines is 1. The summed E-state index contributed by atoms with van der Waals surface area (Å²) in [5.41, 5.74) is 1.40. The SMILES string of the molecule is COc1cc(NC=CC(=O)c2ccc(Br)cc2)cc(OC)c1. The smallest absolute Gasteiger partial charge is 0.187 e. The van der Waals surface area contributed by atoms with Crippen molar-refractivity contribution in [1.82, 2.24) is 0 Å². The zero-order chi connectivity index (χ0) is 15.9. The van der Waals surface area contributed by atoms with Gasteiger partial charge in [-0.3, -0.25) is 4.79 Å². The summed E-state index contributed by atoms with van der Waals surface area (Å²) in [6.07, 6.45) is 3.08. The third kappa shape index (κ3) is 4.36. The number of nitrogens with one attached hydrogen (secondary N) is 1. The summed E-state index contributed by atoms with van der Waals surface area (Å²) in [5.74, 6) is 1.28. The van der Waals surface area contributed by atoms with E-state index in [4.69, 9.17) is 9.47 Å². The van der Waals surface area contributed by atoms with E-state index in [1.165, 1.54) is 6.08 Å². The van der Waals surface area contributed by atoms with E-state index in [0.29, 0.717) is 17.1 Å². The molecule has 22 heavy (non-hydrogen) atoms. The molecule has 2 aromatic rings. The first kappa shape index (κ1) is 16.1. The second-order valence-corrected chi connectivity index (χ2v) is 5.37. The first-order chi connectivity index (χ1) is 10.6. The zero-order valence-electron chi connectivity index (χ0n) is 12.3. The number of benzene rings is 2. The normalized spacial score (nSPS) is 10.5. The molecule has 0 unspecified atom stereocenters. The van der Waals surface area contributed by atoms with Crippen molar-refractivity contribution in [3.05, 3.63) is 64.8 Å². The molecule has 0 bridgehead atoms. The van der Waals surface area contributed by atoms with Crippen LogP contribution in [0.15, 0.2) is 59.2 Å². The van der Waals surface area contributed by atoms with Crippen LogP contribution in [0.3, 0.4) is 0 Å². The minimum absolute atomic E-state index is 0.0742. The molecule has 0 fully saturated rings. The van der Waals surface area contributed by atoms with E-state index in [1.54, 1.807) is 38.6 Å². The van der Waals surface area contributed by atoms with Crippen LogP contribution in [0.5, 0.6) is 11.5 Å². The van der Waals surface area contributed by atoms with E-state index in [0.717, 1.165) is 10.2 Å². The Balaban J connectivity index is 2.05. The average molecular weight is 362 g/mol. The van der Waals surface area contributed by atoms with Gasteiger partial charge in [-0.25, -0.2) is 0 Å². The fraction of sp³-hybridized carbons (Fsp3) is 0.118. The lowest BCUT2D eigenvalue weighted by atomic mass is 10.1. The number of rotatable bonds is 6. The average Bonchev–Trinajstić information content (AvgIpc) is 2.55. The van der Waals surface area contributed by atoms with E-state index < -0.39 is 0 Å². The van der Waals surface area contributed by atoms with E-state index in [2.05, 4.69) is 21.2 Å². The lowest BCUT2D eigenvalue weighted by molar-refractivity contribution is 0.104. The monoisotopic (exact) mass is 361 g/mol. The summed E-state index contributed by atoms with van der Waals surface area (Å²) >= 11 is 3.34. The second kappa shape index (κ2) is 7.66. The summed E-state index contributed by atoms with van der Waals surface area (Å²) in [6, 6.07) is 12.6. The molecular formula is C17H16BrNO3. The van der Waals surface area contributed by atoms with E-state index in [9.17, 15) is 4.79 Å². The van der Waals surface area contributed by atoms with Gasteiger partial charge in [0.15, 0.2) is 5.78 Å². The Morgan fingerprint density at radius 1 is 1.05 bits per heavy atom. The lowest BCUT2D eigenvalue weighted by Crippen LogP contribution is -1.96. The molecule has 2 rings (SSSR count). The molecule has 0 spiro atoms. The van der Waals surface area contributed by atoms with Crippen LogP contribution in [0.4, 0.5) is 5.69 Å². The van der Waals surface area contributed by atoms with Gasteiger partial charge in [-0.15, -0.1) is 0 Å². The van der Waals surface area contributed by atoms with Gasteiger partial charge in [0.1, 0.15) is 11.5 Å². The third-order valence-corrected chi connectivity index (χ3v) is 3.49. The molecule has 0 saturated carbocycles. The summed E-state index contributed by atoms with van der Waals surface area (Å²) in [6.45, 7) is 0. The van der Waals surface area contributed by atoms with Crippen LogP contribution >= 0.6 is 15.9 Å². The zero-order valence-corrected chi connectivity index (χ0v) is 13.9. The highest BCUT2D eigenvalue weighted by Crippen LogP contribution is 2.25. The molecular weight excluding hydrogens is 346 g/mol. The van der Waals surface area contributed by atoms with Crippen LogP contribution in [0.2, 0.25) is 0 Å². The highest BCUT2D eigenvalue weighted by molar-refractivity contribution is 9.10. The van der Waals surface area contributed by atoms with Crippen molar-refractivity contribution in [2.24, 2.45) is 0 Å². The van der Waals surface area contributed by atoms with Crippen LogP contribution < -0.4 is 14.8 Å². The van der Waals surface area contributed by atoms with Gasteiger partial charge in [0.2, 0.25) is 0 Å². The Hall–Kier alpha value is -2.27. The number of ether oxygens (including phenoxy) is 2. The first-order valence-electron chi connectivity index (χ1n) is 6.58. The molecule has 0 atom stereocenters. The summed E-state index contributed by atoms with van der Waals surface area (Å²) in [7, 11) is 3.18. The Morgan fingerprint density at radius 2 is 1.64 bits per heavy atom. The third-order valence-electron chi connectivity index (χ3n) is 2.96. The Kier molecular flexibility index (Phi) is 5.61. The minimum Gasteiger partial charge on any atom is -0.497 e. The van der Waals surface area contributed by atoms with Crippen molar-refractivity contribution in [2.75, 3.05) is 19.5 Å². The molecule has 0 aromatic heterocycles. The number of halogens is 1. The van der Waals surface area contributed by atoms with Crippen molar-refractivity contribution < 1.29 is 14.3 Å².